The molecule has 3 heterocycles. The number of hydrogen-bond acceptors (Lipinski definition) is 16. The van der Waals surface area contributed by atoms with Gasteiger partial charge in [0.05, 0.1) is 18.5 Å². The van der Waals surface area contributed by atoms with Crippen molar-refractivity contribution in [3.63, 3.8) is 0 Å². The van der Waals surface area contributed by atoms with Crippen molar-refractivity contribution >= 4 is 28.8 Å². The maximum absolute atomic E-state index is 13.2. The molecule has 1 saturated carbocycles. The molecule has 246 valence electrons. The zero-order chi connectivity index (χ0) is 32.1. The molecule has 44 heavy (non-hydrogen) atoms. The zero-order valence-corrected chi connectivity index (χ0v) is 24.1. The summed E-state index contributed by atoms with van der Waals surface area (Å²) in [5, 5.41) is 47.2. The lowest BCUT2D eigenvalue weighted by Crippen LogP contribution is -2.67. The van der Waals surface area contributed by atoms with Gasteiger partial charge in [-0.1, -0.05) is 0 Å². The fraction of sp³-hybridized carbons (Fsp3) is 0.720. The normalized spacial score (nSPS) is 33.2. The number of aromatic nitrogens is 4. The smallest absolute Gasteiger partial charge is 0.242 e. The minimum atomic E-state index is -1.53. The minimum absolute atomic E-state index is 0.144. The van der Waals surface area contributed by atoms with Crippen molar-refractivity contribution in [2.24, 2.45) is 22.9 Å². The van der Waals surface area contributed by atoms with E-state index in [2.05, 4.69) is 25.6 Å². The Morgan fingerprint density at radius 1 is 1.05 bits per heavy atom. The molecule has 4 rings (SSSR count). The topological polar surface area (TPSA) is 331 Å². The molecular weight excluding hydrogens is 582 g/mol. The average Bonchev–Trinajstić information content (AvgIpc) is 3.40. The quantitative estimate of drug-likeness (QED) is 0.0978. The Morgan fingerprint density at radius 3 is 2.52 bits per heavy atom. The molecule has 16 N–H and O–H groups in total. The lowest BCUT2D eigenvalue weighted by atomic mass is 9.84. The number of hydrogen-bond donors (Lipinski definition) is 11. The molecule has 2 aliphatic rings. The molecule has 2 unspecified atom stereocenters. The van der Waals surface area contributed by atoms with Crippen molar-refractivity contribution in [3.05, 3.63) is 12.7 Å². The SMILES string of the molecule is NCCCCC(NC(=O)Cn1cnc2c(N)ncnc21)C(=O)NC[C@H]1O[C@H](OC2[C@@H](N)C[C@@H](N)[C@H](O)[C@H]2O)[C@H](N)[C@@H](O)[C@@H]1O. The summed E-state index contributed by atoms with van der Waals surface area (Å²) >= 11 is 0. The van der Waals surface area contributed by atoms with Crippen LogP contribution in [0.15, 0.2) is 12.7 Å². The van der Waals surface area contributed by atoms with Crippen LogP contribution in [-0.4, -0.2) is 132 Å². The van der Waals surface area contributed by atoms with Gasteiger partial charge in [0.1, 0.15) is 55.0 Å². The first-order chi connectivity index (χ1) is 20.9. The Labute approximate surface area is 252 Å². The second-order valence-corrected chi connectivity index (χ2v) is 11.2. The fourth-order valence-corrected chi connectivity index (χ4v) is 5.36. The van der Waals surface area contributed by atoms with Crippen LogP contribution in [0.5, 0.6) is 0 Å². The van der Waals surface area contributed by atoms with Crippen molar-refractivity contribution in [3.8, 4) is 0 Å². The van der Waals surface area contributed by atoms with Gasteiger partial charge >= 0.3 is 0 Å². The first-order valence-electron chi connectivity index (χ1n) is 14.4. The van der Waals surface area contributed by atoms with Crippen molar-refractivity contribution in [2.45, 2.75) is 99.3 Å². The first-order valence-corrected chi connectivity index (χ1v) is 14.4. The number of nitrogen functional groups attached to an aromatic ring is 1. The average molecular weight is 626 g/mol. The van der Waals surface area contributed by atoms with E-state index in [1.807, 2.05) is 0 Å². The van der Waals surface area contributed by atoms with Gasteiger partial charge in [-0.3, -0.25) is 9.59 Å². The Kier molecular flexibility index (Phi) is 11.3. The lowest BCUT2D eigenvalue weighted by Gasteiger charge is -2.46. The molecule has 0 spiro atoms. The maximum Gasteiger partial charge on any atom is 0.242 e. The number of carbonyl (C=O) groups excluding carboxylic acids is 2. The summed E-state index contributed by atoms with van der Waals surface area (Å²) < 4.78 is 13.0. The molecule has 2 aromatic heterocycles. The number of anilines is 1. The van der Waals surface area contributed by atoms with E-state index >= 15 is 0 Å². The number of rotatable bonds is 12. The molecule has 0 radical (unpaired) electrons. The van der Waals surface area contributed by atoms with Gasteiger partial charge in [0.2, 0.25) is 11.8 Å². The van der Waals surface area contributed by atoms with Crippen molar-refractivity contribution in [1.29, 1.82) is 0 Å². The van der Waals surface area contributed by atoms with Crippen LogP contribution in [0.1, 0.15) is 25.7 Å². The fourth-order valence-electron chi connectivity index (χ4n) is 5.36. The molecule has 1 aliphatic carbocycles. The van der Waals surface area contributed by atoms with Gasteiger partial charge in [0.25, 0.3) is 0 Å². The number of aliphatic hydroxyl groups excluding tert-OH is 4. The molecule has 2 fully saturated rings. The van der Waals surface area contributed by atoms with Crippen LogP contribution in [0.25, 0.3) is 11.2 Å². The first kappa shape index (κ1) is 33.8. The van der Waals surface area contributed by atoms with Crippen LogP contribution in [-0.2, 0) is 25.6 Å². The number of carbonyl (C=O) groups is 2. The summed E-state index contributed by atoms with van der Waals surface area (Å²) in [6, 6.07) is -3.75. The Morgan fingerprint density at radius 2 is 1.80 bits per heavy atom. The summed E-state index contributed by atoms with van der Waals surface area (Å²) in [5.41, 5.74) is 30.0. The van der Waals surface area contributed by atoms with Crippen LogP contribution in [0.2, 0.25) is 0 Å². The van der Waals surface area contributed by atoms with E-state index < -0.39 is 78.9 Å². The summed E-state index contributed by atoms with van der Waals surface area (Å²) in [4.78, 5) is 38.3. The largest absolute Gasteiger partial charge is 0.389 e. The number of imidazole rings is 1. The highest BCUT2D eigenvalue weighted by atomic mass is 16.7. The van der Waals surface area contributed by atoms with Crippen molar-refractivity contribution in [2.75, 3.05) is 18.8 Å². The van der Waals surface area contributed by atoms with Gasteiger partial charge < -0.3 is 73.8 Å². The van der Waals surface area contributed by atoms with E-state index in [1.165, 1.54) is 17.2 Å². The number of fused-ring (bicyclic) bond motifs is 1. The van der Waals surface area contributed by atoms with E-state index in [4.69, 9.17) is 38.1 Å². The molecule has 2 aromatic rings. The maximum atomic E-state index is 13.2. The van der Waals surface area contributed by atoms with E-state index in [0.717, 1.165) is 0 Å². The number of ether oxygens (including phenoxy) is 2. The number of unbranched alkanes of at least 4 members (excludes halogenated alkanes) is 1. The third kappa shape index (κ3) is 7.57. The van der Waals surface area contributed by atoms with E-state index in [9.17, 15) is 30.0 Å². The van der Waals surface area contributed by atoms with Crippen LogP contribution >= 0.6 is 0 Å². The standard InChI is InChI=1S/C25H43N11O8/c26-4-2-1-3-12(35-14(37)7-36-9-34-16-22(30)32-8-33-23(16)36)24(42)31-6-13-18(39)19(40)15(29)25(43-13)44-21-11(28)5-10(27)17(38)20(21)41/h8-13,15,17-21,25,38-41H,1-7,26-29H2,(H,31,42)(H,35,37)(H2,30,32,33)/t10-,11+,12?,13-,15-,17+,18-,19-,20-,21?,25-/m1/s1. The minimum Gasteiger partial charge on any atom is -0.389 e. The summed E-state index contributed by atoms with van der Waals surface area (Å²) in [6.07, 6.45) is -5.26. The monoisotopic (exact) mass is 625 g/mol. The molecule has 19 nitrogen and oxygen atoms in total. The zero-order valence-electron chi connectivity index (χ0n) is 24.1. The van der Waals surface area contributed by atoms with Gasteiger partial charge in [-0.05, 0) is 32.2 Å². The van der Waals surface area contributed by atoms with Gasteiger partial charge in [-0.25, -0.2) is 15.0 Å². The number of nitrogens with zero attached hydrogens (tertiary/aromatic N) is 4. The second-order valence-electron chi connectivity index (χ2n) is 11.2. The molecule has 1 saturated heterocycles. The van der Waals surface area contributed by atoms with E-state index in [1.54, 1.807) is 0 Å². The molecule has 2 amide bonds. The third-order valence-electron chi connectivity index (χ3n) is 7.95. The van der Waals surface area contributed by atoms with Crippen molar-refractivity contribution in [1.82, 2.24) is 30.2 Å². The predicted octanol–water partition coefficient (Wildman–Crippen LogP) is -5.92. The highest BCUT2D eigenvalue weighted by Gasteiger charge is 2.48. The summed E-state index contributed by atoms with van der Waals surface area (Å²) in [7, 11) is 0. The van der Waals surface area contributed by atoms with Crippen LogP contribution < -0.4 is 39.3 Å². The van der Waals surface area contributed by atoms with E-state index in [0.29, 0.717) is 30.6 Å². The number of nitrogens with one attached hydrogen (secondary N) is 2. The predicted molar refractivity (Wildman–Crippen MR) is 154 cm³/mol. The second kappa shape index (κ2) is 14.8. The number of amides is 2. The number of aliphatic hydroxyl groups is 4. The summed E-state index contributed by atoms with van der Waals surface area (Å²) in [5.74, 6) is -0.905. The highest BCUT2D eigenvalue weighted by Crippen LogP contribution is 2.27. The van der Waals surface area contributed by atoms with Crippen LogP contribution in [0.4, 0.5) is 5.82 Å². The van der Waals surface area contributed by atoms with Crippen LogP contribution in [0.3, 0.4) is 0 Å². The molecule has 11 atom stereocenters. The van der Waals surface area contributed by atoms with Crippen molar-refractivity contribution < 1.29 is 39.5 Å². The summed E-state index contributed by atoms with van der Waals surface area (Å²) in [6.45, 7) is -0.0909. The Balaban J connectivity index is 1.38. The van der Waals surface area contributed by atoms with E-state index in [-0.39, 0.29) is 31.7 Å². The van der Waals surface area contributed by atoms with Crippen LogP contribution in [0, 0.1) is 0 Å². The van der Waals surface area contributed by atoms with Gasteiger partial charge in [-0.15, -0.1) is 0 Å². The molecule has 0 bridgehead atoms. The molecule has 0 aromatic carbocycles. The molecular formula is C25H43N11O8. The third-order valence-corrected chi connectivity index (χ3v) is 7.95. The molecule has 19 heteroatoms. The Hall–Kier alpha value is -3.11. The Bertz CT molecular complexity index is 1270. The molecule has 1 aliphatic heterocycles. The van der Waals surface area contributed by atoms with Gasteiger partial charge in [0.15, 0.2) is 17.8 Å². The number of nitrogens with two attached hydrogens (primary N) is 5. The van der Waals surface area contributed by atoms with Gasteiger partial charge in [-0.2, -0.15) is 0 Å². The highest BCUT2D eigenvalue weighted by molar-refractivity contribution is 5.88. The van der Waals surface area contributed by atoms with Gasteiger partial charge in [0, 0.05) is 18.6 Å². The lowest BCUT2D eigenvalue weighted by molar-refractivity contribution is -0.288.